The monoisotopic (exact) mass is 262 g/mol. The highest BCUT2D eigenvalue weighted by atomic mass is 16.5. The Morgan fingerprint density at radius 3 is 2.74 bits per heavy atom. The van der Waals surface area contributed by atoms with Gasteiger partial charge in [0.25, 0.3) is 0 Å². The van der Waals surface area contributed by atoms with Crippen LogP contribution < -0.4 is 5.32 Å². The van der Waals surface area contributed by atoms with Crippen LogP contribution in [0.25, 0.3) is 0 Å². The lowest BCUT2D eigenvalue weighted by molar-refractivity contribution is 0.0685. The highest BCUT2D eigenvalue weighted by molar-refractivity contribution is 5.85. The zero-order valence-corrected chi connectivity index (χ0v) is 10.4. The van der Waals surface area contributed by atoms with Gasteiger partial charge < -0.3 is 19.7 Å². The first kappa shape index (κ1) is 13.1. The predicted octanol–water partition coefficient (Wildman–Crippen LogP) is 2.13. The Kier molecular flexibility index (Phi) is 4.15. The fourth-order valence-corrected chi connectivity index (χ4v) is 1.57. The number of hydrogen-bond acceptors (Lipinski definition) is 5. The van der Waals surface area contributed by atoms with E-state index >= 15 is 0 Å². The Hall–Kier alpha value is -2.34. The number of carboxylic acid groups (broad SMARTS) is 1. The van der Waals surface area contributed by atoms with E-state index in [1.165, 1.54) is 6.07 Å². The fraction of sp³-hybridized carbons (Fsp3) is 0.231. The Morgan fingerprint density at radius 1 is 1.42 bits per heavy atom. The zero-order valence-electron chi connectivity index (χ0n) is 10.4. The molecule has 1 heterocycles. The summed E-state index contributed by atoms with van der Waals surface area (Å²) in [5.74, 6) is -0.628. The van der Waals surface area contributed by atoms with Gasteiger partial charge in [-0.25, -0.2) is 4.79 Å². The summed E-state index contributed by atoms with van der Waals surface area (Å²) in [6.07, 6.45) is 0. The van der Waals surface area contributed by atoms with Gasteiger partial charge in [0, 0.05) is 18.9 Å². The number of carboxylic acids is 1. The second kappa shape index (κ2) is 6.01. The predicted molar refractivity (Wildman–Crippen MR) is 67.9 cm³/mol. The minimum absolute atomic E-state index is 0.0905. The molecule has 0 aliphatic carbocycles. The Balaban J connectivity index is 1.92. The fourth-order valence-electron chi connectivity index (χ4n) is 1.57. The number of nitrogens with one attached hydrogen (secondary N) is 1. The van der Waals surface area contributed by atoms with Gasteiger partial charge in [-0.1, -0.05) is 17.3 Å². The molecule has 2 aromatic rings. The average molecular weight is 262 g/mol. The number of carbonyl (C=O) groups is 1. The average Bonchev–Trinajstić information content (AvgIpc) is 2.87. The molecule has 0 aliphatic heterocycles. The van der Waals surface area contributed by atoms with Crippen molar-refractivity contribution in [2.75, 3.05) is 12.4 Å². The number of hydrogen-bond donors (Lipinski definition) is 2. The number of rotatable bonds is 6. The van der Waals surface area contributed by atoms with Crippen LogP contribution in [0, 0.1) is 0 Å². The van der Waals surface area contributed by atoms with Crippen molar-refractivity contribution in [3.8, 4) is 0 Å². The minimum Gasteiger partial charge on any atom is -0.476 e. The highest BCUT2D eigenvalue weighted by Crippen LogP contribution is 2.12. The van der Waals surface area contributed by atoms with Gasteiger partial charge in [0.1, 0.15) is 0 Å². The van der Waals surface area contributed by atoms with Gasteiger partial charge in [0.2, 0.25) is 0 Å². The quantitative estimate of drug-likeness (QED) is 0.829. The van der Waals surface area contributed by atoms with Crippen molar-refractivity contribution in [2.45, 2.75) is 13.2 Å². The van der Waals surface area contributed by atoms with Crippen LogP contribution in [0.3, 0.4) is 0 Å². The molecule has 0 bridgehead atoms. The first-order chi connectivity index (χ1) is 9.19. The minimum atomic E-state index is -1.10. The third-order valence-corrected chi connectivity index (χ3v) is 2.51. The van der Waals surface area contributed by atoms with E-state index in [9.17, 15) is 4.79 Å². The number of methoxy groups -OCH3 is 1. The first-order valence-electron chi connectivity index (χ1n) is 5.69. The van der Waals surface area contributed by atoms with E-state index in [0.29, 0.717) is 18.9 Å². The van der Waals surface area contributed by atoms with Crippen LogP contribution in [0.15, 0.2) is 34.9 Å². The first-order valence-corrected chi connectivity index (χ1v) is 5.69. The molecular weight excluding hydrogens is 248 g/mol. The van der Waals surface area contributed by atoms with Gasteiger partial charge in [0.15, 0.2) is 11.5 Å². The molecule has 2 N–H and O–H groups in total. The SMILES string of the molecule is COCc1ccc(NCc2cc(C(=O)O)no2)cc1. The summed E-state index contributed by atoms with van der Waals surface area (Å²) in [7, 11) is 1.65. The van der Waals surface area contributed by atoms with E-state index in [1.807, 2.05) is 24.3 Å². The van der Waals surface area contributed by atoms with Crippen molar-refractivity contribution >= 4 is 11.7 Å². The summed E-state index contributed by atoms with van der Waals surface area (Å²) >= 11 is 0. The van der Waals surface area contributed by atoms with Crippen LogP contribution in [0.2, 0.25) is 0 Å². The lowest BCUT2D eigenvalue weighted by Crippen LogP contribution is -1.99. The second-order valence-electron chi connectivity index (χ2n) is 3.97. The van der Waals surface area contributed by atoms with Gasteiger partial charge in [-0.3, -0.25) is 0 Å². The van der Waals surface area contributed by atoms with Crippen molar-refractivity contribution in [3.05, 3.63) is 47.3 Å². The smallest absolute Gasteiger partial charge is 0.358 e. The Labute approximate surface area is 110 Å². The molecule has 0 radical (unpaired) electrons. The number of anilines is 1. The van der Waals surface area contributed by atoms with Crippen molar-refractivity contribution < 1.29 is 19.2 Å². The van der Waals surface area contributed by atoms with Crippen LogP contribution in [-0.4, -0.2) is 23.3 Å². The third kappa shape index (κ3) is 3.56. The van der Waals surface area contributed by atoms with E-state index < -0.39 is 5.97 Å². The molecule has 0 spiro atoms. The molecule has 0 saturated carbocycles. The van der Waals surface area contributed by atoms with E-state index in [1.54, 1.807) is 7.11 Å². The molecule has 0 unspecified atom stereocenters. The number of ether oxygens (including phenoxy) is 1. The maximum absolute atomic E-state index is 10.6. The number of aromatic carboxylic acids is 1. The molecule has 6 heteroatoms. The lowest BCUT2D eigenvalue weighted by Gasteiger charge is -2.05. The van der Waals surface area contributed by atoms with Crippen molar-refractivity contribution in [2.24, 2.45) is 0 Å². The van der Waals surface area contributed by atoms with Crippen molar-refractivity contribution in [3.63, 3.8) is 0 Å². The molecule has 0 saturated heterocycles. The normalized spacial score (nSPS) is 10.4. The summed E-state index contributed by atoms with van der Waals surface area (Å²) in [4.78, 5) is 10.6. The maximum Gasteiger partial charge on any atom is 0.358 e. The van der Waals surface area contributed by atoms with Crippen LogP contribution in [0.4, 0.5) is 5.69 Å². The number of benzene rings is 1. The third-order valence-electron chi connectivity index (χ3n) is 2.51. The second-order valence-corrected chi connectivity index (χ2v) is 3.97. The molecule has 1 aromatic carbocycles. The van der Waals surface area contributed by atoms with E-state index in [-0.39, 0.29) is 5.69 Å². The Morgan fingerprint density at radius 2 is 2.16 bits per heavy atom. The summed E-state index contributed by atoms with van der Waals surface area (Å²) < 4.78 is 9.92. The molecule has 2 rings (SSSR count). The molecule has 100 valence electrons. The molecular formula is C13H14N2O4. The summed E-state index contributed by atoms with van der Waals surface area (Å²) in [6, 6.07) is 9.14. The maximum atomic E-state index is 10.6. The molecule has 0 amide bonds. The number of aromatic nitrogens is 1. The molecule has 1 aromatic heterocycles. The zero-order chi connectivity index (χ0) is 13.7. The van der Waals surface area contributed by atoms with Gasteiger partial charge >= 0.3 is 5.97 Å². The molecule has 0 aliphatic rings. The molecule has 0 fully saturated rings. The van der Waals surface area contributed by atoms with Gasteiger partial charge in [-0.2, -0.15) is 0 Å². The van der Waals surface area contributed by atoms with Crippen LogP contribution in [-0.2, 0) is 17.9 Å². The highest BCUT2D eigenvalue weighted by Gasteiger charge is 2.10. The summed E-state index contributed by atoms with van der Waals surface area (Å²) in [6.45, 7) is 0.953. The van der Waals surface area contributed by atoms with Crippen LogP contribution >= 0.6 is 0 Å². The van der Waals surface area contributed by atoms with Crippen molar-refractivity contribution in [1.82, 2.24) is 5.16 Å². The topological polar surface area (TPSA) is 84.6 Å². The van der Waals surface area contributed by atoms with Gasteiger partial charge in [-0.15, -0.1) is 0 Å². The largest absolute Gasteiger partial charge is 0.476 e. The van der Waals surface area contributed by atoms with Crippen molar-refractivity contribution in [1.29, 1.82) is 0 Å². The Bertz CT molecular complexity index is 548. The number of nitrogens with zero attached hydrogens (tertiary/aromatic N) is 1. The molecule has 0 atom stereocenters. The van der Waals surface area contributed by atoms with Gasteiger partial charge in [0.05, 0.1) is 13.2 Å². The van der Waals surface area contributed by atoms with E-state index in [0.717, 1.165) is 11.3 Å². The van der Waals surface area contributed by atoms with E-state index in [2.05, 4.69) is 10.5 Å². The summed E-state index contributed by atoms with van der Waals surface area (Å²) in [5, 5.41) is 15.3. The van der Waals surface area contributed by atoms with Gasteiger partial charge in [-0.05, 0) is 17.7 Å². The molecule has 6 nitrogen and oxygen atoms in total. The standard InChI is InChI=1S/C13H14N2O4/c1-18-8-9-2-4-10(5-3-9)14-7-11-6-12(13(16)17)15-19-11/h2-6,14H,7-8H2,1H3,(H,16,17). The van der Waals surface area contributed by atoms with Crippen LogP contribution in [0.1, 0.15) is 21.8 Å². The van der Waals surface area contributed by atoms with Crippen LogP contribution in [0.5, 0.6) is 0 Å². The van der Waals surface area contributed by atoms with E-state index in [4.69, 9.17) is 14.4 Å². The molecule has 19 heavy (non-hydrogen) atoms. The lowest BCUT2D eigenvalue weighted by atomic mass is 10.2. The summed E-state index contributed by atoms with van der Waals surface area (Å²) in [5.41, 5.74) is 1.90.